The average Bonchev–Trinajstić information content (AvgIpc) is 0.946. The number of hydrogen-bond acceptors (Lipinski definition) is 15. The molecule has 0 aromatic carbocycles. The first-order valence-electron chi connectivity index (χ1n) is 39.8. The Morgan fingerprint density at radius 3 is 0.830 bits per heavy atom. The van der Waals surface area contributed by atoms with Gasteiger partial charge in [-0.3, -0.25) is 37.3 Å². The van der Waals surface area contributed by atoms with Gasteiger partial charge in [-0.05, 0) is 122 Å². The Kier molecular flexibility index (Phi) is 70.8. The summed E-state index contributed by atoms with van der Waals surface area (Å²) in [6, 6.07) is 0. The Morgan fingerprint density at radius 1 is 0.290 bits per heavy atom. The van der Waals surface area contributed by atoms with Crippen LogP contribution in [0.1, 0.15) is 349 Å². The van der Waals surface area contributed by atoms with E-state index in [1.54, 1.807) is 0 Å². The van der Waals surface area contributed by atoms with Crippen LogP contribution in [0.3, 0.4) is 0 Å². The molecule has 0 aliphatic heterocycles. The second kappa shape index (κ2) is 73.5. The van der Waals surface area contributed by atoms with Crippen LogP contribution in [0.2, 0.25) is 0 Å². The smallest absolute Gasteiger partial charge is 0.462 e. The SMILES string of the molecule is CC/C=C\C/C=C\C/C=C\C/C=C\C/C=C\CCCCCC(=O)OCC(COP(=O)(O)OCC(O)COP(=O)(O)OCC(COC(=O)CCCCCCC/C=C\CCCCCC)OC(=O)CCCCCCCCCCCCCCC)OC(=O)CCCCCCC/C=C\CCCCCCCC. The van der Waals surface area contributed by atoms with Crippen molar-refractivity contribution in [1.29, 1.82) is 0 Å². The fraction of sp³-hybridized carbons (Fsp3) is 0.778. The van der Waals surface area contributed by atoms with Gasteiger partial charge >= 0.3 is 39.5 Å². The van der Waals surface area contributed by atoms with Crippen molar-refractivity contribution >= 4 is 39.5 Å². The van der Waals surface area contributed by atoms with Crippen molar-refractivity contribution in [2.45, 2.75) is 367 Å². The Hall–Kier alpha value is -3.76. The van der Waals surface area contributed by atoms with Crippen molar-refractivity contribution < 1.29 is 80.2 Å². The molecule has 0 saturated heterocycles. The number of esters is 4. The van der Waals surface area contributed by atoms with Crippen molar-refractivity contribution in [2.24, 2.45) is 0 Å². The molecular formula is C81H144O17P2. The highest BCUT2D eigenvalue weighted by Crippen LogP contribution is 2.45. The minimum atomic E-state index is -4.98. The number of carbonyl (C=O) groups is 4. The molecule has 0 bridgehead atoms. The van der Waals surface area contributed by atoms with Crippen molar-refractivity contribution in [3.63, 3.8) is 0 Å². The maximum atomic E-state index is 13.1. The molecule has 0 aromatic heterocycles. The molecule has 0 spiro atoms. The number of allylic oxidation sites excluding steroid dienone is 14. The van der Waals surface area contributed by atoms with E-state index in [1.807, 2.05) is 0 Å². The van der Waals surface area contributed by atoms with E-state index in [2.05, 4.69) is 113 Å². The van der Waals surface area contributed by atoms with Crippen molar-refractivity contribution in [1.82, 2.24) is 0 Å². The molecule has 0 aliphatic rings. The summed E-state index contributed by atoms with van der Waals surface area (Å²) in [6.07, 6.45) is 75.6. The predicted molar refractivity (Wildman–Crippen MR) is 409 cm³/mol. The van der Waals surface area contributed by atoms with E-state index >= 15 is 0 Å². The Balaban J connectivity index is 5.36. The molecule has 0 amide bonds. The van der Waals surface area contributed by atoms with Crippen LogP contribution >= 0.6 is 15.6 Å². The minimum Gasteiger partial charge on any atom is -0.462 e. The van der Waals surface area contributed by atoms with E-state index in [0.29, 0.717) is 25.7 Å². The van der Waals surface area contributed by atoms with Crippen LogP contribution in [-0.2, 0) is 65.4 Å². The second-order valence-corrected chi connectivity index (χ2v) is 29.5. The summed E-state index contributed by atoms with van der Waals surface area (Å²) >= 11 is 0. The molecule has 19 heteroatoms. The number of unbranched alkanes of at least 4 members (excludes halogenated alkanes) is 35. The average molecular weight is 1450 g/mol. The number of aliphatic hydroxyl groups is 1. The summed E-state index contributed by atoms with van der Waals surface area (Å²) in [5.74, 6) is -2.21. The Morgan fingerprint density at radius 2 is 0.520 bits per heavy atom. The molecule has 0 rings (SSSR count). The van der Waals surface area contributed by atoms with Gasteiger partial charge in [-0.2, -0.15) is 0 Å². The highest BCUT2D eigenvalue weighted by Gasteiger charge is 2.30. The van der Waals surface area contributed by atoms with Crippen LogP contribution in [0, 0.1) is 0 Å². The fourth-order valence-electron chi connectivity index (χ4n) is 10.8. The minimum absolute atomic E-state index is 0.0788. The van der Waals surface area contributed by atoms with Gasteiger partial charge in [0.05, 0.1) is 26.4 Å². The predicted octanol–water partition coefficient (Wildman–Crippen LogP) is 23.0. The van der Waals surface area contributed by atoms with Gasteiger partial charge in [0.25, 0.3) is 0 Å². The van der Waals surface area contributed by atoms with E-state index in [0.717, 1.165) is 154 Å². The highest BCUT2D eigenvalue weighted by molar-refractivity contribution is 7.47. The Labute approximate surface area is 608 Å². The number of rotatable bonds is 75. The second-order valence-electron chi connectivity index (χ2n) is 26.6. The van der Waals surface area contributed by atoms with Crippen LogP contribution in [0.25, 0.3) is 0 Å². The van der Waals surface area contributed by atoms with E-state index in [1.165, 1.54) is 116 Å². The van der Waals surface area contributed by atoms with Crippen LogP contribution in [0.5, 0.6) is 0 Å². The van der Waals surface area contributed by atoms with Crippen LogP contribution < -0.4 is 0 Å². The zero-order valence-electron chi connectivity index (χ0n) is 63.4. The summed E-state index contributed by atoms with van der Waals surface area (Å²) < 4.78 is 68.5. The monoisotopic (exact) mass is 1450 g/mol. The zero-order chi connectivity index (χ0) is 73.2. The van der Waals surface area contributed by atoms with Crippen molar-refractivity contribution in [3.8, 4) is 0 Å². The largest absolute Gasteiger partial charge is 0.472 e. The first-order valence-corrected chi connectivity index (χ1v) is 42.8. The van der Waals surface area contributed by atoms with Gasteiger partial charge < -0.3 is 33.8 Å². The maximum absolute atomic E-state index is 13.1. The van der Waals surface area contributed by atoms with Crippen molar-refractivity contribution in [2.75, 3.05) is 39.6 Å². The van der Waals surface area contributed by atoms with Gasteiger partial charge in [-0.1, -0.05) is 286 Å². The number of phosphoric ester groups is 2. The lowest BCUT2D eigenvalue weighted by Crippen LogP contribution is -2.30. The standard InChI is InChI=1S/C81H144O17P2/c1-5-9-13-17-21-25-29-33-35-36-37-38-40-43-46-50-54-58-62-66-79(84)92-72-77(98-81(86)68-64-60-56-52-48-44-39-34-30-26-22-18-14-10-6-2)74-96-100(89,90)94-70-75(82)69-93-99(87,88)95-73-76(97-80(85)67-63-59-55-51-47-42-32-28-24-20-16-12-8-4)71-91-78(83)65-61-57-53-49-45-41-31-27-23-19-15-11-7-3/h9,13,21,25,27,31,33-35,37-39,43,46,75-77,82H,5-8,10-12,14-20,22-24,26,28-30,32,36,40-42,44-45,47-74H2,1-4H3,(H,87,88)(H,89,90)/b13-9-,25-21-,31-27-,35-33-,38-37-,39-34-,46-43-. The molecule has 0 fully saturated rings. The molecule has 5 unspecified atom stereocenters. The van der Waals surface area contributed by atoms with Crippen LogP contribution in [0.4, 0.5) is 0 Å². The fourth-order valence-corrected chi connectivity index (χ4v) is 12.3. The van der Waals surface area contributed by atoms with Crippen LogP contribution in [-0.4, -0.2) is 96.7 Å². The lowest BCUT2D eigenvalue weighted by molar-refractivity contribution is -0.161. The number of phosphoric acid groups is 2. The lowest BCUT2D eigenvalue weighted by Gasteiger charge is -2.21. The quantitative estimate of drug-likeness (QED) is 0.0169. The third kappa shape index (κ3) is 72.6. The van der Waals surface area contributed by atoms with Gasteiger partial charge in [-0.25, -0.2) is 9.13 Å². The summed E-state index contributed by atoms with van der Waals surface area (Å²) in [4.78, 5) is 72.9. The first-order chi connectivity index (χ1) is 48.7. The first kappa shape index (κ1) is 96.2. The topological polar surface area (TPSA) is 237 Å². The molecule has 3 N–H and O–H groups in total. The van der Waals surface area contributed by atoms with E-state index in [4.69, 9.17) is 37.0 Å². The van der Waals surface area contributed by atoms with E-state index in [9.17, 15) is 43.2 Å². The van der Waals surface area contributed by atoms with Crippen LogP contribution in [0.15, 0.2) is 85.1 Å². The molecule has 17 nitrogen and oxygen atoms in total. The number of aliphatic hydroxyl groups excluding tert-OH is 1. The van der Waals surface area contributed by atoms with E-state index < -0.39 is 97.5 Å². The molecule has 0 aromatic rings. The van der Waals surface area contributed by atoms with Gasteiger partial charge in [-0.15, -0.1) is 0 Å². The summed E-state index contributed by atoms with van der Waals surface area (Å²) in [6.45, 7) is 4.73. The Bertz CT molecular complexity index is 2230. The third-order valence-corrected chi connectivity index (χ3v) is 18.7. The van der Waals surface area contributed by atoms with Gasteiger partial charge in [0.2, 0.25) is 0 Å². The molecule has 0 heterocycles. The van der Waals surface area contributed by atoms with Gasteiger partial charge in [0.1, 0.15) is 19.3 Å². The number of hydrogen-bond donors (Lipinski definition) is 3. The van der Waals surface area contributed by atoms with E-state index in [-0.39, 0.29) is 25.7 Å². The lowest BCUT2D eigenvalue weighted by atomic mass is 10.0. The molecule has 0 aliphatic carbocycles. The highest BCUT2D eigenvalue weighted by atomic mass is 31.2. The third-order valence-electron chi connectivity index (χ3n) is 16.8. The molecule has 580 valence electrons. The van der Waals surface area contributed by atoms with Gasteiger partial charge in [0, 0.05) is 25.7 Å². The normalized spacial score (nSPS) is 14.3. The molecule has 0 saturated carbocycles. The number of carbonyl (C=O) groups excluding carboxylic acids is 4. The maximum Gasteiger partial charge on any atom is 0.472 e. The molecule has 0 radical (unpaired) electrons. The number of ether oxygens (including phenoxy) is 4. The summed E-state index contributed by atoms with van der Waals surface area (Å²) in [7, 11) is -9.95. The summed E-state index contributed by atoms with van der Waals surface area (Å²) in [5.41, 5.74) is 0. The van der Waals surface area contributed by atoms with Gasteiger partial charge in [0.15, 0.2) is 12.2 Å². The summed E-state index contributed by atoms with van der Waals surface area (Å²) in [5, 5.41) is 10.6. The molecule has 100 heavy (non-hydrogen) atoms. The zero-order valence-corrected chi connectivity index (χ0v) is 65.2. The molecular weight excluding hydrogens is 1310 g/mol. The molecule has 5 atom stereocenters. The van der Waals surface area contributed by atoms with Crippen molar-refractivity contribution in [3.05, 3.63) is 85.1 Å².